The maximum absolute atomic E-state index is 12.8. The van der Waals surface area contributed by atoms with Crippen LogP contribution in [0.5, 0.6) is 0 Å². The van der Waals surface area contributed by atoms with E-state index in [1.165, 1.54) is 0 Å². The van der Waals surface area contributed by atoms with Crippen molar-refractivity contribution < 1.29 is 17.6 Å². The van der Waals surface area contributed by atoms with Crippen LogP contribution in [-0.4, -0.2) is 32.1 Å². The van der Waals surface area contributed by atoms with E-state index in [0.29, 0.717) is 42.4 Å². The van der Waals surface area contributed by atoms with Crippen molar-refractivity contribution in [3.63, 3.8) is 0 Å². The van der Waals surface area contributed by atoms with Crippen LogP contribution >= 0.6 is 0 Å². The lowest BCUT2D eigenvalue weighted by Crippen LogP contribution is -2.19. The number of nitrogens with zero attached hydrogens (tertiary/aromatic N) is 2. The summed E-state index contributed by atoms with van der Waals surface area (Å²) in [5.74, 6) is 0.531. The van der Waals surface area contributed by atoms with Crippen LogP contribution in [0.3, 0.4) is 0 Å². The van der Waals surface area contributed by atoms with E-state index in [-0.39, 0.29) is 29.1 Å². The first kappa shape index (κ1) is 23.8. The van der Waals surface area contributed by atoms with E-state index in [1.54, 1.807) is 7.05 Å². The van der Waals surface area contributed by atoms with E-state index in [9.17, 15) is 13.2 Å². The molecule has 8 nitrogen and oxygen atoms in total. The molecule has 2 aromatic heterocycles. The Hall–Kier alpha value is -3.38. The average Bonchev–Trinajstić information content (AvgIpc) is 3.59. The number of aromatic nitrogens is 1. The van der Waals surface area contributed by atoms with Crippen molar-refractivity contribution in [2.75, 3.05) is 17.5 Å². The van der Waals surface area contributed by atoms with E-state index < -0.39 is 10.0 Å². The molecule has 0 unspecified atom stereocenters. The van der Waals surface area contributed by atoms with Gasteiger partial charge in [-0.15, -0.1) is 0 Å². The number of nitriles is 1. The zero-order chi connectivity index (χ0) is 24.3. The fraction of sp³-hybridized carbons (Fsp3) is 0.400. The second-order valence-electron chi connectivity index (χ2n) is 8.69. The minimum atomic E-state index is -3.62. The number of carbonyl (C=O) groups excluding carboxylic acids is 1. The summed E-state index contributed by atoms with van der Waals surface area (Å²) < 4.78 is 34.2. The lowest BCUT2D eigenvalue weighted by molar-refractivity contribution is 0.0964. The molecule has 0 radical (unpaired) electrons. The van der Waals surface area contributed by atoms with E-state index in [2.05, 4.69) is 21.1 Å². The summed E-state index contributed by atoms with van der Waals surface area (Å²) >= 11 is 0. The van der Waals surface area contributed by atoms with Crippen molar-refractivity contribution in [2.24, 2.45) is 0 Å². The maximum atomic E-state index is 12.8. The molecular formula is C25H28N4O4S. The Morgan fingerprint density at radius 2 is 1.94 bits per heavy atom. The van der Waals surface area contributed by atoms with Crippen LogP contribution in [0.4, 0.5) is 5.82 Å². The lowest BCUT2D eigenvalue weighted by atomic mass is 10.0. The third-order valence-electron chi connectivity index (χ3n) is 5.95. The fourth-order valence-corrected chi connectivity index (χ4v) is 5.10. The van der Waals surface area contributed by atoms with Crippen molar-refractivity contribution in [1.82, 2.24) is 10.3 Å². The van der Waals surface area contributed by atoms with E-state index in [4.69, 9.17) is 9.68 Å². The molecule has 3 aromatic rings. The first-order valence-electron chi connectivity index (χ1n) is 11.5. The summed E-state index contributed by atoms with van der Waals surface area (Å²) in [4.78, 5) is 17.4. The molecule has 2 heterocycles. The number of amides is 1. The molecule has 178 valence electrons. The molecular weight excluding hydrogens is 452 g/mol. The van der Waals surface area contributed by atoms with Crippen molar-refractivity contribution >= 4 is 32.8 Å². The molecule has 1 saturated carbocycles. The van der Waals surface area contributed by atoms with E-state index in [0.717, 1.165) is 29.5 Å². The van der Waals surface area contributed by atoms with Crippen LogP contribution in [-0.2, 0) is 10.0 Å². The third-order valence-corrected chi connectivity index (χ3v) is 7.28. The number of nitrogens with one attached hydrogen (secondary N) is 2. The molecule has 0 saturated heterocycles. The second-order valence-corrected chi connectivity index (χ2v) is 10.5. The molecule has 0 bridgehead atoms. The Bertz CT molecular complexity index is 1350. The number of pyridine rings is 1. The Balaban J connectivity index is 1.73. The van der Waals surface area contributed by atoms with Gasteiger partial charge in [0.05, 0.1) is 22.8 Å². The minimum Gasteiger partial charge on any atom is -0.437 e. The molecule has 34 heavy (non-hydrogen) atoms. The van der Waals surface area contributed by atoms with Crippen LogP contribution in [0.2, 0.25) is 0 Å². The van der Waals surface area contributed by atoms with Gasteiger partial charge in [0.2, 0.25) is 15.7 Å². The second kappa shape index (κ2) is 9.85. The van der Waals surface area contributed by atoms with Crippen LogP contribution in [0, 0.1) is 18.3 Å². The van der Waals surface area contributed by atoms with Crippen LogP contribution in [0.1, 0.15) is 65.9 Å². The van der Waals surface area contributed by atoms with Gasteiger partial charge < -0.3 is 9.73 Å². The Kier molecular flexibility index (Phi) is 6.89. The summed E-state index contributed by atoms with van der Waals surface area (Å²) in [7, 11) is -2.05. The quantitative estimate of drug-likeness (QED) is 0.399. The van der Waals surface area contributed by atoms with Gasteiger partial charge in [-0.05, 0) is 50.2 Å². The predicted molar refractivity (Wildman–Crippen MR) is 131 cm³/mol. The number of furan rings is 1. The third kappa shape index (κ3) is 5.23. The predicted octanol–water partition coefficient (Wildman–Crippen LogP) is 4.87. The molecule has 1 aromatic carbocycles. The molecule has 1 aliphatic rings. The first-order valence-corrected chi connectivity index (χ1v) is 13.1. The van der Waals surface area contributed by atoms with Gasteiger partial charge >= 0.3 is 0 Å². The Morgan fingerprint density at radius 3 is 2.59 bits per heavy atom. The molecule has 2 N–H and O–H groups in total. The van der Waals surface area contributed by atoms with Gasteiger partial charge in [-0.2, -0.15) is 10.2 Å². The molecule has 0 atom stereocenters. The van der Waals surface area contributed by atoms with Crippen molar-refractivity contribution in [3.8, 4) is 17.4 Å². The maximum Gasteiger partial charge on any atom is 0.255 e. The number of aryl methyl sites for hydroxylation is 1. The number of sulfonamides is 1. The highest BCUT2D eigenvalue weighted by atomic mass is 32.2. The monoisotopic (exact) mass is 480 g/mol. The normalized spacial score (nSPS) is 13.6. The van der Waals surface area contributed by atoms with Gasteiger partial charge in [-0.25, -0.2) is 8.42 Å². The van der Waals surface area contributed by atoms with Gasteiger partial charge in [0.1, 0.15) is 11.6 Å². The molecule has 4 rings (SSSR count). The first-order chi connectivity index (χ1) is 16.3. The summed E-state index contributed by atoms with van der Waals surface area (Å²) in [6, 6.07) is 11.6. The topological polar surface area (TPSA) is 125 Å². The zero-order valence-corrected chi connectivity index (χ0v) is 20.2. The fourth-order valence-electron chi connectivity index (χ4n) is 3.96. The van der Waals surface area contributed by atoms with Crippen LogP contribution in [0.25, 0.3) is 22.4 Å². The van der Waals surface area contributed by atoms with Crippen molar-refractivity contribution in [3.05, 3.63) is 47.0 Å². The lowest BCUT2D eigenvalue weighted by Gasteiger charge is -2.11. The zero-order valence-electron chi connectivity index (χ0n) is 19.3. The smallest absolute Gasteiger partial charge is 0.255 e. The minimum absolute atomic E-state index is 0.0431. The number of benzene rings is 1. The number of unbranched alkanes of at least 4 members (excludes halogenated alkanes) is 3. The highest BCUT2D eigenvalue weighted by Crippen LogP contribution is 2.45. The SMILES string of the molecule is CNC(=O)c1c(-c2ccc(C)cc2)oc2nc(NS(=O)(=O)CCCCCC#N)c(C3CC3)cc12. The number of fused-ring (bicyclic) bond motifs is 1. The van der Waals surface area contributed by atoms with Gasteiger partial charge in [0.15, 0.2) is 0 Å². The summed E-state index contributed by atoms with van der Waals surface area (Å²) in [5.41, 5.74) is 3.21. The number of hydrogen-bond donors (Lipinski definition) is 2. The number of carbonyl (C=O) groups is 1. The Labute approximate surface area is 199 Å². The Morgan fingerprint density at radius 1 is 1.21 bits per heavy atom. The number of rotatable bonds is 10. The molecule has 1 aliphatic carbocycles. The average molecular weight is 481 g/mol. The molecule has 0 spiro atoms. The number of hydrogen-bond acceptors (Lipinski definition) is 6. The van der Waals surface area contributed by atoms with E-state index in [1.807, 2.05) is 37.3 Å². The van der Waals surface area contributed by atoms with Crippen LogP contribution in [0.15, 0.2) is 34.7 Å². The highest BCUT2D eigenvalue weighted by Gasteiger charge is 2.31. The number of anilines is 1. The molecule has 1 fully saturated rings. The summed E-state index contributed by atoms with van der Waals surface area (Å²) in [6.07, 6.45) is 4.12. The molecule has 1 amide bonds. The van der Waals surface area contributed by atoms with Crippen LogP contribution < -0.4 is 10.0 Å². The van der Waals surface area contributed by atoms with Gasteiger partial charge in [-0.1, -0.05) is 36.2 Å². The van der Waals surface area contributed by atoms with Gasteiger partial charge in [0.25, 0.3) is 5.91 Å². The standard InChI is InChI=1S/C25H28N4O4S/c1-16-7-9-18(10-8-16)22-21(24(30)27-2)20-15-19(17-11-12-17)23(28-25(20)33-22)29-34(31,32)14-6-4-3-5-13-26/h7-10,15,17H,3-6,11-12,14H2,1-2H3,(H,27,30)(H,28,29). The van der Waals surface area contributed by atoms with Gasteiger partial charge in [-0.3, -0.25) is 9.52 Å². The highest BCUT2D eigenvalue weighted by molar-refractivity contribution is 7.92. The molecule has 0 aliphatic heterocycles. The van der Waals surface area contributed by atoms with E-state index >= 15 is 0 Å². The largest absolute Gasteiger partial charge is 0.437 e. The summed E-state index contributed by atoms with van der Waals surface area (Å²) in [5, 5.41) is 11.9. The van der Waals surface area contributed by atoms with Gasteiger partial charge in [0, 0.05) is 19.0 Å². The molecule has 9 heteroatoms. The van der Waals surface area contributed by atoms with Crippen molar-refractivity contribution in [1.29, 1.82) is 5.26 Å². The van der Waals surface area contributed by atoms with Crippen molar-refractivity contribution in [2.45, 2.75) is 51.4 Å². The summed E-state index contributed by atoms with van der Waals surface area (Å²) in [6.45, 7) is 1.98.